The van der Waals surface area contributed by atoms with Crippen LogP contribution in [0.1, 0.15) is 25.0 Å². The van der Waals surface area contributed by atoms with Gasteiger partial charge >= 0.3 is 11.9 Å². The topological polar surface area (TPSA) is 80.3 Å². The van der Waals surface area contributed by atoms with E-state index in [0.29, 0.717) is 23.0 Å². The molecule has 0 atom stereocenters. The van der Waals surface area contributed by atoms with Gasteiger partial charge in [0, 0.05) is 36.6 Å². The first-order valence-electron chi connectivity index (χ1n) is 8.52. The first-order valence-corrected chi connectivity index (χ1v) is 8.52. The Labute approximate surface area is 162 Å². The summed E-state index contributed by atoms with van der Waals surface area (Å²) in [7, 11) is 2.99. The molecule has 0 aromatic heterocycles. The molecular weight excluding hydrogens is 364 g/mol. The zero-order valence-corrected chi connectivity index (χ0v) is 16.0. The van der Waals surface area contributed by atoms with Gasteiger partial charge in [-0.05, 0) is 30.3 Å². The van der Waals surface area contributed by atoms with Crippen LogP contribution in [0.15, 0.2) is 30.3 Å². The minimum Gasteiger partial charge on any atom is -0.492 e. The number of methoxy groups -OCH3 is 2. The van der Waals surface area contributed by atoms with E-state index in [-0.39, 0.29) is 12.4 Å². The van der Waals surface area contributed by atoms with Gasteiger partial charge in [-0.2, -0.15) is 0 Å². The van der Waals surface area contributed by atoms with Crippen molar-refractivity contribution in [2.24, 2.45) is 0 Å². The molecule has 146 valence electrons. The van der Waals surface area contributed by atoms with Crippen LogP contribution in [0.5, 0.6) is 28.7 Å². The number of fused-ring (bicyclic) bond motifs is 1. The highest BCUT2D eigenvalue weighted by Gasteiger charge is 2.22. The van der Waals surface area contributed by atoms with Crippen LogP contribution in [0, 0.1) is 0 Å². The third-order valence-electron chi connectivity index (χ3n) is 4.04. The van der Waals surface area contributed by atoms with E-state index >= 15 is 0 Å². The van der Waals surface area contributed by atoms with E-state index < -0.39 is 11.9 Å². The fourth-order valence-corrected chi connectivity index (χ4v) is 2.96. The van der Waals surface area contributed by atoms with E-state index in [1.165, 1.54) is 28.1 Å². The van der Waals surface area contributed by atoms with Crippen LogP contribution >= 0.6 is 0 Å². The third-order valence-corrected chi connectivity index (χ3v) is 4.04. The van der Waals surface area contributed by atoms with Crippen molar-refractivity contribution in [1.29, 1.82) is 0 Å². The Bertz CT molecular complexity index is 959. The van der Waals surface area contributed by atoms with Crippen LogP contribution in [0.3, 0.4) is 0 Å². The van der Waals surface area contributed by atoms with Crippen molar-refractivity contribution in [1.82, 2.24) is 0 Å². The number of carbonyl (C=O) groups is 2. The summed E-state index contributed by atoms with van der Waals surface area (Å²) in [6.07, 6.45) is 1.96. The first kappa shape index (κ1) is 19.3. The van der Waals surface area contributed by atoms with Crippen LogP contribution in [0.25, 0.3) is 11.6 Å². The molecule has 2 aromatic rings. The number of rotatable bonds is 5. The number of hydrogen-bond acceptors (Lipinski definition) is 7. The van der Waals surface area contributed by atoms with Gasteiger partial charge in [0.2, 0.25) is 5.75 Å². The molecule has 7 nitrogen and oxygen atoms in total. The Morgan fingerprint density at radius 2 is 1.64 bits per heavy atom. The van der Waals surface area contributed by atoms with Crippen LogP contribution < -0.4 is 23.7 Å². The second-order valence-electron chi connectivity index (χ2n) is 6.02. The SMILES string of the molecule is COc1c(OC(C)=O)ccc(C2=Cc3ccc(OC(C)=O)cc3OC2)c1OC. The molecule has 0 bridgehead atoms. The summed E-state index contributed by atoms with van der Waals surface area (Å²) < 4.78 is 27.0. The molecule has 0 fully saturated rings. The van der Waals surface area contributed by atoms with Crippen LogP contribution in [0.4, 0.5) is 0 Å². The lowest BCUT2D eigenvalue weighted by atomic mass is 9.99. The molecule has 2 aromatic carbocycles. The predicted octanol–water partition coefficient (Wildman–Crippen LogP) is 3.49. The van der Waals surface area contributed by atoms with Gasteiger partial charge in [0.25, 0.3) is 0 Å². The molecule has 1 aliphatic rings. The largest absolute Gasteiger partial charge is 0.492 e. The second kappa shape index (κ2) is 8.04. The summed E-state index contributed by atoms with van der Waals surface area (Å²) in [6.45, 7) is 2.94. The number of carbonyl (C=O) groups excluding carboxylic acids is 2. The highest BCUT2D eigenvalue weighted by Crippen LogP contribution is 2.44. The third kappa shape index (κ3) is 3.93. The molecule has 0 amide bonds. The summed E-state index contributed by atoms with van der Waals surface area (Å²) in [4.78, 5) is 22.4. The summed E-state index contributed by atoms with van der Waals surface area (Å²) in [5.74, 6) is 1.24. The number of esters is 2. The summed E-state index contributed by atoms with van der Waals surface area (Å²) in [5, 5.41) is 0. The van der Waals surface area contributed by atoms with E-state index in [2.05, 4.69) is 0 Å². The molecule has 3 rings (SSSR count). The summed E-state index contributed by atoms with van der Waals surface area (Å²) in [6, 6.07) is 8.62. The molecule has 0 spiro atoms. The molecule has 0 unspecified atom stereocenters. The fourth-order valence-electron chi connectivity index (χ4n) is 2.96. The number of benzene rings is 2. The molecule has 0 aliphatic carbocycles. The molecule has 0 saturated carbocycles. The maximum atomic E-state index is 11.3. The smallest absolute Gasteiger partial charge is 0.308 e. The van der Waals surface area contributed by atoms with Gasteiger partial charge in [0.15, 0.2) is 11.5 Å². The molecule has 28 heavy (non-hydrogen) atoms. The fraction of sp³-hybridized carbons (Fsp3) is 0.238. The normalized spacial score (nSPS) is 12.2. The Kier molecular flexibility index (Phi) is 5.54. The maximum absolute atomic E-state index is 11.3. The molecule has 0 N–H and O–H groups in total. The van der Waals surface area contributed by atoms with Crippen LogP contribution in [0.2, 0.25) is 0 Å². The maximum Gasteiger partial charge on any atom is 0.308 e. The minimum atomic E-state index is -0.453. The zero-order valence-electron chi connectivity index (χ0n) is 16.0. The number of ether oxygens (including phenoxy) is 5. The van der Waals surface area contributed by atoms with Gasteiger partial charge in [-0.25, -0.2) is 0 Å². The molecule has 1 aliphatic heterocycles. The van der Waals surface area contributed by atoms with Crippen molar-refractivity contribution in [3.05, 3.63) is 41.5 Å². The molecule has 1 heterocycles. The lowest BCUT2D eigenvalue weighted by Gasteiger charge is -2.22. The van der Waals surface area contributed by atoms with Gasteiger partial charge < -0.3 is 23.7 Å². The van der Waals surface area contributed by atoms with Crippen LogP contribution in [-0.2, 0) is 9.59 Å². The zero-order chi connectivity index (χ0) is 20.3. The Morgan fingerprint density at radius 3 is 2.29 bits per heavy atom. The van der Waals surface area contributed by atoms with Gasteiger partial charge in [-0.3, -0.25) is 9.59 Å². The second-order valence-corrected chi connectivity index (χ2v) is 6.02. The van der Waals surface area contributed by atoms with E-state index in [4.69, 9.17) is 23.7 Å². The highest BCUT2D eigenvalue weighted by atomic mass is 16.6. The molecule has 0 saturated heterocycles. The van der Waals surface area contributed by atoms with Crippen molar-refractivity contribution in [2.45, 2.75) is 13.8 Å². The average Bonchev–Trinajstić information content (AvgIpc) is 2.66. The molecular formula is C21H20O7. The standard InChI is InChI=1S/C21H20O7/c1-12(22)27-16-6-5-14-9-15(11-26-19(14)10-16)17-7-8-18(28-13(2)23)21(25-4)20(17)24-3/h5-10H,11H2,1-4H3. The molecule has 0 radical (unpaired) electrons. The van der Waals surface area contributed by atoms with Crippen molar-refractivity contribution in [2.75, 3.05) is 20.8 Å². The quantitative estimate of drug-likeness (QED) is 0.577. The van der Waals surface area contributed by atoms with Crippen molar-refractivity contribution in [3.63, 3.8) is 0 Å². The van der Waals surface area contributed by atoms with Crippen molar-refractivity contribution < 1.29 is 33.3 Å². The lowest BCUT2D eigenvalue weighted by Crippen LogP contribution is -2.10. The Balaban J connectivity index is 2.01. The van der Waals surface area contributed by atoms with E-state index in [1.54, 1.807) is 24.3 Å². The molecule has 7 heteroatoms. The highest BCUT2D eigenvalue weighted by molar-refractivity contribution is 5.89. The van der Waals surface area contributed by atoms with Crippen LogP contribution in [-0.4, -0.2) is 32.8 Å². The Hall–Kier alpha value is -3.48. The van der Waals surface area contributed by atoms with Gasteiger partial charge in [0.1, 0.15) is 18.1 Å². The van der Waals surface area contributed by atoms with E-state index in [9.17, 15) is 9.59 Å². The monoisotopic (exact) mass is 384 g/mol. The summed E-state index contributed by atoms with van der Waals surface area (Å²) >= 11 is 0. The minimum absolute atomic E-state index is 0.277. The summed E-state index contributed by atoms with van der Waals surface area (Å²) in [5.41, 5.74) is 2.45. The first-order chi connectivity index (χ1) is 13.4. The van der Waals surface area contributed by atoms with E-state index in [0.717, 1.165) is 16.7 Å². The van der Waals surface area contributed by atoms with Gasteiger partial charge in [0.05, 0.1) is 14.2 Å². The number of hydrogen-bond donors (Lipinski definition) is 0. The predicted molar refractivity (Wildman–Crippen MR) is 102 cm³/mol. The van der Waals surface area contributed by atoms with E-state index in [1.807, 2.05) is 12.1 Å². The Morgan fingerprint density at radius 1 is 0.929 bits per heavy atom. The van der Waals surface area contributed by atoms with Crippen molar-refractivity contribution >= 4 is 23.6 Å². The average molecular weight is 384 g/mol. The van der Waals surface area contributed by atoms with Crippen molar-refractivity contribution in [3.8, 4) is 28.7 Å². The van der Waals surface area contributed by atoms with Gasteiger partial charge in [-0.15, -0.1) is 0 Å². The van der Waals surface area contributed by atoms with Gasteiger partial charge in [-0.1, -0.05) is 0 Å². The lowest BCUT2D eigenvalue weighted by molar-refractivity contribution is -0.132.